The summed E-state index contributed by atoms with van der Waals surface area (Å²) < 4.78 is 1.85. The lowest BCUT2D eigenvalue weighted by Gasteiger charge is -2.25. The molecule has 1 aromatic heterocycles. The summed E-state index contributed by atoms with van der Waals surface area (Å²) >= 11 is 0. The van der Waals surface area contributed by atoms with Crippen LogP contribution < -0.4 is 5.32 Å². The molecule has 0 saturated heterocycles. The van der Waals surface area contributed by atoms with Crippen molar-refractivity contribution in [3.63, 3.8) is 0 Å². The highest BCUT2D eigenvalue weighted by Gasteiger charge is 2.23. The minimum absolute atomic E-state index is 0.0805. The topological polar surface area (TPSA) is 80.0 Å². The Morgan fingerprint density at radius 1 is 1.25 bits per heavy atom. The lowest BCUT2D eigenvalue weighted by molar-refractivity contribution is 0.0963. The molecule has 1 aromatic carbocycles. The number of amides is 1. The number of carbonyl (C=O) groups excluding carboxylic acids is 1. The highest BCUT2D eigenvalue weighted by molar-refractivity contribution is 5.93. The first-order valence-electron chi connectivity index (χ1n) is 8.51. The molecule has 1 aliphatic rings. The predicted octanol–water partition coefficient (Wildman–Crippen LogP) is 1.95. The van der Waals surface area contributed by atoms with Crippen molar-refractivity contribution >= 4 is 5.91 Å². The Morgan fingerprint density at radius 3 is 2.58 bits per heavy atom. The molecule has 1 aliphatic carbocycles. The summed E-state index contributed by atoms with van der Waals surface area (Å²) in [6.07, 6.45) is 6.30. The van der Waals surface area contributed by atoms with E-state index in [0.717, 1.165) is 36.9 Å². The van der Waals surface area contributed by atoms with Gasteiger partial charge in [0.15, 0.2) is 0 Å². The Hall–Kier alpha value is -2.21. The molecule has 0 atom stereocenters. The molecule has 1 amide bonds. The average Bonchev–Trinajstić information content (AvgIpc) is 3.10. The molecule has 0 radical (unpaired) electrons. The average molecular weight is 328 g/mol. The molecule has 2 aromatic rings. The third-order valence-electron chi connectivity index (χ3n) is 4.87. The van der Waals surface area contributed by atoms with Gasteiger partial charge in [0.1, 0.15) is 0 Å². The Morgan fingerprint density at radius 2 is 1.96 bits per heavy atom. The van der Waals surface area contributed by atoms with Crippen LogP contribution in [0.4, 0.5) is 0 Å². The van der Waals surface area contributed by atoms with Crippen molar-refractivity contribution in [2.45, 2.75) is 38.1 Å². The molecule has 6 heteroatoms. The summed E-state index contributed by atoms with van der Waals surface area (Å²) in [5.74, 6) is 0.829. The van der Waals surface area contributed by atoms with Gasteiger partial charge in [-0.2, -0.15) is 0 Å². The Labute approximate surface area is 141 Å². The van der Waals surface area contributed by atoms with Gasteiger partial charge in [-0.15, -0.1) is 5.10 Å². The molecule has 1 saturated carbocycles. The van der Waals surface area contributed by atoms with E-state index in [1.165, 1.54) is 0 Å². The van der Waals surface area contributed by atoms with E-state index >= 15 is 0 Å². The minimum atomic E-state index is -0.0805. The zero-order chi connectivity index (χ0) is 16.9. The van der Waals surface area contributed by atoms with Crippen LogP contribution in [0.1, 0.15) is 53.2 Å². The summed E-state index contributed by atoms with van der Waals surface area (Å²) in [5.41, 5.74) is 2.79. The molecule has 1 fully saturated rings. The monoisotopic (exact) mass is 328 g/mol. The number of aromatic nitrogens is 3. The first-order valence-corrected chi connectivity index (χ1v) is 8.51. The maximum atomic E-state index is 11.6. The maximum absolute atomic E-state index is 11.6. The predicted molar refractivity (Wildman–Crippen MR) is 90.7 cm³/mol. The molecule has 3 rings (SSSR count). The Bertz CT molecular complexity index is 673. The highest BCUT2D eigenvalue weighted by atomic mass is 16.3. The first kappa shape index (κ1) is 16.6. The van der Waals surface area contributed by atoms with Crippen LogP contribution in [0.3, 0.4) is 0 Å². The number of aliphatic hydroxyl groups excluding tert-OH is 1. The number of nitrogens with zero attached hydrogens (tertiary/aromatic N) is 3. The molecule has 6 nitrogen and oxygen atoms in total. The van der Waals surface area contributed by atoms with Crippen LogP contribution in [0, 0.1) is 5.92 Å². The van der Waals surface area contributed by atoms with Crippen molar-refractivity contribution in [2.24, 2.45) is 5.92 Å². The van der Waals surface area contributed by atoms with Crippen molar-refractivity contribution in [3.05, 3.63) is 47.3 Å². The summed E-state index contributed by atoms with van der Waals surface area (Å²) in [5, 5.41) is 20.4. The van der Waals surface area contributed by atoms with Gasteiger partial charge in [-0.05, 0) is 49.3 Å². The SMILES string of the molecule is CNC(=O)c1ccc(Cn2cc(C3CCC(CO)CC3)nn2)cc1. The van der Waals surface area contributed by atoms with Gasteiger partial charge in [-0.25, -0.2) is 4.68 Å². The largest absolute Gasteiger partial charge is 0.396 e. The van der Waals surface area contributed by atoms with Crippen LogP contribution >= 0.6 is 0 Å². The normalized spacial score (nSPS) is 20.8. The van der Waals surface area contributed by atoms with Crippen LogP contribution in [0.25, 0.3) is 0 Å². The molecular formula is C18H24N4O2. The smallest absolute Gasteiger partial charge is 0.251 e. The van der Waals surface area contributed by atoms with Gasteiger partial charge in [0.2, 0.25) is 0 Å². The van der Waals surface area contributed by atoms with E-state index in [1.54, 1.807) is 7.05 Å². The van der Waals surface area contributed by atoms with Gasteiger partial charge in [0, 0.05) is 31.3 Å². The molecule has 0 unspecified atom stereocenters. The van der Waals surface area contributed by atoms with Crippen LogP contribution in [0.2, 0.25) is 0 Å². The van der Waals surface area contributed by atoms with E-state index in [9.17, 15) is 9.90 Å². The first-order chi connectivity index (χ1) is 11.7. The van der Waals surface area contributed by atoms with E-state index in [1.807, 2.05) is 35.1 Å². The molecule has 0 bridgehead atoms. The summed E-state index contributed by atoms with van der Waals surface area (Å²) in [4.78, 5) is 11.6. The van der Waals surface area contributed by atoms with Crippen LogP contribution in [0.5, 0.6) is 0 Å². The molecule has 1 heterocycles. The number of hydrogen-bond acceptors (Lipinski definition) is 4. The van der Waals surface area contributed by atoms with Crippen LogP contribution in [-0.4, -0.2) is 39.7 Å². The molecule has 2 N–H and O–H groups in total. The van der Waals surface area contributed by atoms with E-state index in [4.69, 9.17) is 0 Å². The van der Waals surface area contributed by atoms with E-state index in [2.05, 4.69) is 15.6 Å². The molecule has 24 heavy (non-hydrogen) atoms. The van der Waals surface area contributed by atoms with Gasteiger partial charge in [0.25, 0.3) is 5.91 Å². The zero-order valence-corrected chi connectivity index (χ0v) is 14.0. The van der Waals surface area contributed by atoms with Crippen molar-refractivity contribution in [3.8, 4) is 0 Å². The third-order valence-corrected chi connectivity index (χ3v) is 4.87. The number of aliphatic hydroxyl groups is 1. The van der Waals surface area contributed by atoms with E-state index in [0.29, 0.717) is 30.6 Å². The summed E-state index contributed by atoms with van der Waals surface area (Å²) in [6, 6.07) is 7.53. The minimum Gasteiger partial charge on any atom is -0.396 e. The molecule has 128 valence electrons. The molecule has 0 aliphatic heterocycles. The van der Waals surface area contributed by atoms with Crippen molar-refractivity contribution in [2.75, 3.05) is 13.7 Å². The van der Waals surface area contributed by atoms with Gasteiger partial charge < -0.3 is 10.4 Å². The lowest BCUT2D eigenvalue weighted by atomic mass is 9.81. The van der Waals surface area contributed by atoms with E-state index in [-0.39, 0.29) is 5.91 Å². The van der Waals surface area contributed by atoms with Gasteiger partial charge in [-0.3, -0.25) is 4.79 Å². The van der Waals surface area contributed by atoms with Crippen molar-refractivity contribution in [1.82, 2.24) is 20.3 Å². The van der Waals surface area contributed by atoms with Crippen molar-refractivity contribution in [1.29, 1.82) is 0 Å². The number of nitrogens with one attached hydrogen (secondary N) is 1. The zero-order valence-electron chi connectivity index (χ0n) is 14.0. The second-order valence-electron chi connectivity index (χ2n) is 6.52. The van der Waals surface area contributed by atoms with Crippen LogP contribution in [-0.2, 0) is 6.54 Å². The van der Waals surface area contributed by atoms with Crippen molar-refractivity contribution < 1.29 is 9.90 Å². The summed E-state index contributed by atoms with van der Waals surface area (Å²) in [7, 11) is 1.63. The van der Waals surface area contributed by atoms with Gasteiger partial charge >= 0.3 is 0 Å². The van der Waals surface area contributed by atoms with Gasteiger partial charge in [0.05, 0.1) is 12.2 Å². The fourth-order valence-electron chi connectivity index (χ4n) is 3.31. The quantitative estimate of drug-likeness (QED) is 0.879. The lowest BCUT2D eigenvalue weighted by Crippen LogP contribution is -2.17. The van der Waals surface area contributed by atoms with E-state index < -0.39 is 0 Å². The van der Waals surface area contributed by atoms with Gasteiger partial charge in [-0.1, -0.05) is 17.3 Å². The van der Waals surface area contributed by atoms with Crippen LogP contribution in [0.15, 0.2) is 30.5 Å². The number of benzene rings is 1. The second-order valence-corrected chi connectivity index (χ2v) is 6.52. The Balaban J connectivity index is 1.61. The molecule has 0 spiro atoms. The number of carbonyl (C=O) groups is 1. The fraction of sp³-hybridized carbons (Fsp3) is 0.500. The highest BCUT2D eigenvalue weighted by Crippen LogP contribution is 2.34. The second kappa shape index (κ2) is 7.57. The summed E-state index contributed by atoms with van der Waals surface area (Å²) in [6.45, 7) is 0.943. The number of hydrogen-bond donors (Lipinski definition) is 2. The molecular weight excluding hydrogens is 304 g/mol. The third kappa shape index (κ3) is 3.82. The number of rotatable bonds is 5. The Kier molecular flexibility index (Phi) is 5.25. The maximum Gasteiger partial charge on any atom is 0.251 e. The fourth-order valence-corrected chi connectivity index (χ4v) is 3.31. The standard InChI is InChI=1S/C18H24N4O2/c1-19-18(24)16-8-2-13(3-9-16)10-22-11-17(20-21-22)15-6-4-14(12-23)5-7-15/h2-3,8-9,11,14-15,23H,4-7,10,12H2,1H3,(H,19,24).